The topological polar surface area (TPSA) is 78.4 Å². The molecule has 0 aliphatic heterocycles. The molecule has 0 saturated heterocycles. The van der Waals surface area contributed by atoms with Crippen LogP contribution in [0.1, 0.15) is 30.0 Å². The van der Waals surface area contributed by atoms with E-state index in [9.17, 15) is 4.79 Å². The van der Waals surface area contributed by atoms with E-state index in [0.29, 0.717) is 30.2 Å². The molecule has 0 spiro atoms. The van der Waals surface area contributed by atoms with Crippen molar-refractivity contribution in [2.75, 3.05) is 27.8 Å². The molecule has 3 aromatic rings. The molecule has 36 heavy (non-hydrogen) atoms. The zero-order chi connectivity index (χ0) is 25.9. The first-order valence-electron chi connectivity index (χ1n) is 11.6. The number of halogens is 1. The van der Waals surface area contributed by atoms with Gasteiger partial charge >= 0.3 is 0 Å². The van der Waals surface area contributed by atoms with Crippen LogP contribution in [0, 0.1) is 0 Å². The van der Waals surface area contributed by atoms with Crippen LogP contribution >= 0.6 is 11.6 Å². The summed E-state index contributed by atoms with van der Waals surface area (Å²) >= 11 is 6.80. The number of rotatable bonds is 12. The zero-order valence-electron chi connectivity index (χ0n) is 21.0. The summed E-state index contributed by atoms with van der Waals surface area (Å²) in [4.78, 5) is 16.9. The second kappa shape index (κ2) is 13.4. The molecule has 0 heterocycles. The number of amides is 1. The smallest absolute Gasteiger partial charge is 0.270 e. The largest absolute Gasteiger partial charge is 0.497 e. The highest BCUT2D eigenvalue weighted by atomic mass is 35.5. The number of methoxy groups -OCH3 is 2. The van der Waals surface area contributed by atoms with Gasteiger partial charge in [0.2, 0.25) is 0 Å². The maximum absolute atomic E-state index is 12.7. The van der Waals surface area contributed by atoms with E-state index in [2.05, 4.69) is 10.3 Å². The normalized spacial score (nSPS) is 11.1. The molecule has 0 radical (unpaired) electrons. The quantitative estimate of drug-likeness (QED) is 0.327. The van der Waals surface area contributed by atoms with Crippen molar-refractivity contribution in [1.29, 1.82) is 0 Å². The SMILES string of the molecule is CCCNC(=O)C(=NC)c1ccc(OCc2ccc(OC)cc2)c(OCc2ccc(OC)cc2)c1Cl. The van der Waals surface area contributed by atoms with Gasteiger partial charge in [0.05, 0.1) is 19.2 Å². The number of ether oxygens (including phenoxy) is 4. The second-order valence-corrected chi connectivity index (χ2v) is 8.23. The molecule has 1 amide bonds. The standard InChI is InChI=1S/C28H31ClN2O5/c1-5-16-31-28(32)26(30-2)23-14-15-24(35-17-19-6-10-21(33-3)11-7-19)27(25(23)29)36-18-20-8-12-22(34-4)13-9-20/h6-15H,5,16-18H2,1-4H3,(H,31,32). The van der Waals surface area contributed by atoms with Gasteiger partial charge in [0, 0.05) is 19.2 Å². The van der Waals surface area contributed by atoms with E-state index in [1.165, 1.54) is 0 Å². The minimum absolute atomic E-state index is 0.226. The molecule has 0 atom stereocenters. The van der Waals surface area contributed by atoms with E-state index < -0.39 is 0 Å². The molecule has 0 unspecified atom stereocenters. The van der Waals surface area contributed by atoms with Crippen LogP contribution in [0.15, 0.2) is 65.7 Å². The highest BCUT2D eigenvalue weighted by molar-refractivity contribution is 6.49. The summed E-state index contributed by atoms with van der Waals surface area (Å²) in [6, 6.07) is 18.6. The maximum atomic E-state index is 12.7. The highest BCUT2D eigenvalue weighted by Gasteiger charge is 2.22. The first-order valence-corrected chi connectivity index (χ1v) is 12.0. The average Bonchev–Trinajstić information content (AvgIpc) is 2.92. The number of hydrogen-bond donors (Lipinski definition) is 1. The van der Waals surface area contributed by atoms with Crippen LogP contribution < -0.4 is 24.3 Å². The Hall–Kier alpha value is -3.71. The molecular formula is C28H31ClN2O5. The molecule has 0 aliphatic rings. The lowest BCUT2D eigenvalue weighted by atomic mass is 10.1. The average molecular weight is 511 g/mol. The molecule has 3 aromatic carbocycles. The van der Waals surface area contributed by atoms with Crippen LogP contribution in [-0.2, 0) is 18.0 Å². The van der Waals surface area contributed by atoms with Gasteiger partial charge in [0.25, 0.3) is 5.91 Å². The summed E-state index contributed by atoms with van der Waals surface area (Å²) in [6.07, 6.45) is 0.810. The lowest BCUT2D eigenvalue weighted by molar-refractivity contribution is -0.114. The Morgan fingerprint density at radius 2 is 1.42 bits per heavy atom. The highest BCUT2D eigenvalue weighted by Crippen LogP contribution is 2.39. The fraction of sp³-hybridized carbons (Fsp3) is 0.286. The van der Waals surface area contributed by atoms with E-state index in [0.717, 1.165) is 29.0 Å². The Morgan fingerprint density at radius 1 is 0.861 bits per heavy atom. The monoisotopic (exact) mass is 510 g/mol. The minimum atomic E-state index is -0.297. The fourth-order valence-electron chi connectivity index (χ4n) is 3.40. The maximum Gasteiger partial charge on any atom is 0.270 e. The number of carbonyl (C=O) groups excluding carboxylic acids is 1. The van der Waals surface area contributed by atoms with Crippen LogP contribution in [-0.4, -0.2) is 39.4 Å². The van der Waals surface area contributed by atoms with Crippen molar-refractivity contribution in [3.8, 4) is 23.0 Å². The van der Waals surface area contributed by atoms with Gasteiger partial charge in [-0.1, -0.05) is 42.8 Å². The number of carbonyl (C=O) groups is 1. The Kier molecular flexibility index (Phi) is 10.0. The summed E-state index contributed by atoms with van der Waals surface area (Å²) in [5, 5.41) is 3.10. The van der Waals surface area contributed by atoms with Gasteiger partial charge in [-0.15, -0.1) is 0 Å². The van der Waals surface area contributed by atoms with Crippen molar-refractivity contribution < 1.29 is 23.7 Å². The molecule has 190 valence electrons. The summed E-state index contributed by atoms with van der Waals surface area (Å²) in [6.45, 7) is 3.06. The molecule has 0 fully saturated rings. The third-order valence-corrected chi connectivity index (χ3v) is 5.76. The third-order valence-electron chi connectivity index (χ3n) is 5.39. The fourth-order valence-corrected chi connectivity index (χ4v) is 3.70. The zero-order valence-corrected chi connectivity index (χ0v) is 21.7. The molecule has 7 nitrogen and oxygen atoms in total. The predicted octanol–water partition coefficient (Wildman–Crippen LogP) is 5.46. The lowest BCUT2D eigenvalue weighted by Gasteiger charge is -2.17. The molecule has 0 aromatic heterocycles. The van der Waals surface area contributed by atoms with E-state index in [-0.39, 0.29) is 23.2 Å². The van der Waals surface area contributed by atoms with Crippen LogP contribution in [0.3, 0.4) is 0 Å². The van der Waals surface area contributed by atoms with E-state index in [1.54, 1.807) is 33.4 Å². The first-order chi connectivity index (χ1) is 17.5. The van der Waals surface area contributed by atoms with Crippen molar-refractivity contribution in [3.63, 3.8) is 0 Å². The second-order valence-electron chi connectivity index (χ2n) is 7.86. The molecule has 0 saturated carbocycles. The van der Waals surface area contributed by atoms with Gasteiger partial charge in [-0.3, -0.25) is 9.79 Å². The summed E-state index contributed by atoms with van der Waals surface area (Å²) in [5.74, 6) is 2.02. The number of nitrogens with zero attached hydrogens (tertiary/aromatic N) is 1. The number of hydrogen-bond acceptors (Lipinski definition) is 6. The molecular weight excluding hydrogens is 480 g/mol. The summed E-state index contributed by atoms with van der Waals surface area (Å²) in [5.41, 5.74) is 2.56. The van der Waals surface area contributed by atoms with Crippen molar-refractivity contribution in [2.24, 2.45) is 4.99 Å². The van der Waals surface area contributed by atoms with Gasteiger partial charge in [-0.25, -0.2) is 0 Å². The number of aliphatic imine (C=N–C) groups is 1. The molecule has 0 aliphatic carbocycles. The Morgan fingerprint density at radius 3 is 1.92 bits per heavy atom. The lowest BCUT2D eigenvalue weighted by Crippen LogP contribution is -2.32. The molecule has 0 bridgehead atoms. The van der Waals surface area contributed by atoms with Crippen molar-refractivity contribution in [3.05, 3.63) is 82.4 Å². The number of benzene rings is 3. The van der Waals surface area contributed by atoms with Gasteiger partial charge < -0.3 is 24.3 Å². The minimum Gasteiger partial charge on any atom is -0.497 e. The molecule has 3 rings (SSSR count). The first kappa shape index (κ1) is 26.9. The Balaban J connectivity index is 1.90. The van der Waals surface area contributed by atoms with Crippen molar-refractivity contribution >= 4 is 23.2 Å². The molecule has 8 heteroatoms. The Bertz CT molecular complexity index is 1180. The van der Waals surface area contributed by atoms with Crippen LogP contribution in [0.25, 0.3) is 0 Å². The molecule has 1 N–H and O–H groups in total. The number of nitrogens with one attached hydrogen (secondary N) is 1. The predicted molar refractivity (Wildman–Crippen MR) is 142 cm³/mol. The van der Waals surface area contributed by atoms with Gasteiger partial charge in [-0.2, -0.15) is 0 Å². The third kappa shape index (κ3) is 6.92. The summed E-state index contributed by atoms with van der Waals surface area (Å²) in [7, 11) is 4.80. The van der Waals surface area contributed by atoms with Crippen molar-refractivity contribution in [2.45, 2.75) is 26.6 Å². The Labute approximate surface area is 217 Å². The summed E-state index contributed by atoms with van der Waals surface area (Å²) < 4.78 is 22.7. The van der Waals surface area contributed by atoms with E-state index in [1.807, 2.05) is 55.5 Å². The van der Waals surface area contributed by atoms with Crippen LogP contribution in [0.4, 0.5) is 0 Å². The van der Waals surface area contributed by atoms with Crippen molar-refractivity contribution in [1.82, 2.24) is 5.32 Å². The van der Waals surface area contributed by atoms with Crippen LogP contribution in [0.5, 0.6) is 23.0 Å². The van der Waals surface area contributed by atoms with Gasteiger partial charge in [0.1, 0.15) is 30.4 Å². The van der Waals surface area contributed by atoms with Gasteiger partial charge in [0.15, 0.2) is 11.5 Å². The van der Waals surface area contributed by atoms with E-state index in [4.69, 9.17) is 30.5 Å². The van der Waals surface area contributed by atoms with E-state index >= 15 is 0 Å². The van der Waals surface area contributed by atoms with Gasteiger partial charge in [-0.05, 0) is 53.9 Å². The van der Waals surface area contributed by atoms with Crippen LogP contribution in [0.2, 0.25) is 5.02 Å².